The van der Waals surface area contributed by atoms with E-state index in [-0.39, 0.29) is 18.0 Å². The second kappa shape index (κ2) is 5.47. The largest absolute Gasteiger partial charge is 0.390 e. The molecule has 1 aliphatic rings. The first-order valence-corrected chi connectivity index (χ1v) is 5.33. The average molecular weight is 200 g/mol. The van der Waals surface area contributed by atoms with Crippen LogP contribution >= 0.6 is 0 Å². The molecular weight excluding hydrogens is 180 g/mol. The zero-order chi connectivity index (χ0) is 10.6. The van der Waals surface area contributed by atoms with Gasteiger partial charge in [0.25, 0.3) is 0 Å². The van der Waals surface area contributed by atoms with Gasteiger partial charge in [0.1, 0.15) is 5.78 Å². The number of carbonyl (C=O) groups is 1. The minimum absolute atomic E-state index is 0.0271. The highest BCUT2D eigenvalue weighted by atomic mass is 16.5. The molecule has 0 heterocycles. The van der Waals surface area contributed by atoms with E-state index < -0.39 is 0 Å². The van der Waals surface area contributed by atoms with Crippen LogP contribution in [0.4, 0.5) is 0 Å². The molecule has 82 valence electrons. The van der Waals surface area contributed by atoms with Crippen LogP contribution in [0.2, 0.25) is 0 Å². The first-order chi connectivity index (χ1) is 6.63. The molecule has 0 aromatic heterocycles. The maximum absolute atomic E-state index is 10.8. The van der Waals surface area contributed by atoms with Crippen LogP contribution in [-0.4, -0.2) is 30.2 Å². The Morgan fingerprint density at radius 1 is 1.50 bits per heavy atom. The van der Waals surface area contributed by atoms with Gasteiger partial charge in [0.05, 0.1) is 12.2 Å². The first-order valence-electron chi connectivity index (χ1n) is 5.33. The number of aliphatic hydroxyl groups is 1. The van der Waals surface area contributed by atoms with Crippen molar-refractivity contribution in [1.29, 1.82) is 0 Å². The number of methoxy groups -OCH3 is 1. The number of aliphatic hydroxyl groups excluding tert-OH is 1. The quantitative estimate of drug-likeness (QED) is 0.748. The third-order valence-corrected chi connectivity index (χ3v) is 3.07. The van der Waals surface area contributed by atoms with E-state index in [0.717, 1.165) is 25.7 Å². The molecule has 3 atom stereocenters. The van der Waals surface area contributed by atoms with Gasteiger partial charge in [-0.25, -0.2) is 0 Å². The Bertz CT molecular complexity index is 191. The molecule has 1 rings (SSSR count). The molecule has 3 heteroatoms. The molecule has 1 aliphatic carbocycles. The SMILES string of the molecule is COC1CC(CCC(C)=O)CCC1O. The number of rotatable bonds is 4. The summed E-state index contributed by atoms with van der Waals surface area (Å²) in [6.45, 7) is 1.63. The highest BCUT2D eigenvalue weighted by Crippen LogP contribution is 2.29. The molecule has 1 N–H and O–H groups in total. The summed E-state index contributed by atoms with van der Waals surface area (Å²) in [5.74, 6) is 0.803. The number of ketones is 1. The zero-order valence-corrected chi connectivity index (χ0v) is 9.03. The van der Waals surface area contributed by atoms with Crippen LogP contribution in [-0.2, 0) is 9.53 Å². The van der Waals surface area contributed by atoms with Crippen LogP contribution < -0.4 is 0 Å². The van der Waals surface area contributed by atoms with E-state index >= 15 is 0 Å². The van der Waals surface area contributed by atoms with Crippen molar-refractivity contribution in [3.05, 3.63) is 0 Å². The Labute approximate surface area is 85.5 Å². The standard InChI is InChI=1S/C11H20O3/c1-8(12)3-4-9-5-6-10(13)11(7-9)14-2/h9-11,13H,3-7H2,1-2H3. The summed E-state index contributed by atoms with van der Waals surface area (Å²) in [5, 5.41) is 9.57. The Morgan fingerprint density at radius 3 is 2.79 bits per heavy atom. The van der Waals surface area contributed by atoms with Crippen molar-refractivity contribution in [1.82, 2.24) is 0 Å². The lowest BCUT2D eigenvalue weighted by molar-refractivity contribution is -0.117. The topological polar surface area (TPSA) is 46.5 Å². The van der Waals surface area contributed by atoms with Gasteiger partial charge in [-0.05, 0) is 38.5 Å². The van der Waals surface area contributed by atoms with E-state index in [2.05, 4.69) is 0 Å². The van der Waals surface area contributed by atoms with Crippen molar-refractivity contribution in [2.24, 2.45) is 5.92 Å². The smallest absolute Gasteiger partial charge is 0.129 e. The number of hydrogen-bond acceptors (Lipinski definition) is 3. The fourth-order valence-electron chi connectivity index (χ4n) is 2.12. The van der Waals surface area contributed by atoms with Gasteiger partial charge in [0.15, 0.2) is 0 Å². The number of carbonyl (C=O) groups excluding carboxylic acids is 1. The van der Waals surface area contributed by atoms with Gasteiger partial charge in [0, 0.05) is 13.5 Å². The van der Waals surface area contributed by atoms with E-state index in [1.807, 2.05) is 0 Å². The number of ether oxygens (including phenoxy) is 1. The molecule has 3 nitrogen and oxygen atoms in total. The lowest BCUT2D eigenvalue weighted by atomic mass is 9.82. The van der Waals surface area contributed by atoms with Crippen molar-refractivity contribution in [2.45, 2.75) is 51.2 Å². The van der Waals surface area contributed by atoms with Crippen molar-refractivity contribution in [3.8, 4) is 0 Å². The fraction of sp³-hybridized carbons (Fsp3) is 0.909. The summed E-state index contributed by atoms with van der Waals surface area (Å²) in [6.07, 6.45) is 3.99. The van der Waals surface area contributed by atoms with Crippen molar-refractivity contribution in [3.63, 3.8) is 0 Å². The number of Topliss-reactive ketones (excluding diaryl/α,β-unsaturated/α-hetero) is 1. The van der Waals surface area contributed by atoms with Gasteiger partial charge in [-0.1, -0.05) is 0 Å². The van der Waals surface area contributed by atoms with Crippen LogP contribution in [0.25, 0.3) is 0 Å². The summed E-state index contributed by atoms with van der Waals surface area (Å²) in [6, 6.07) is 0. The third kappa shape index (κ3) is 3.39. The second-order valence-corrected chi connectivity index (χ2v) is 4.26. The summed E-state index contributed by atoms with van der Waals surface area (Å²) in [7, 11) is 1.64. The summed E-state index contributed by atoms with van der Waals surface area (Å²) in [5.41, 5.74) is 0. The fourth-order valence-corrected chi connectivity index (χ4v) is 2.12. The molecule has 1 fully saturated rings. The molecular formula is C11H20O3. The van der Waals surface area contributed by atoms with Crippen LogP contribution in [0.5, 0.6) is 0 Å². The highest BCUT2D eigenvalue weighted by Gasteiger charge is 2.28. The van der Waals surface area contributed by atoms with Crippen molar-refractivity contribution >= 4 is 5.78 Å². The molecule has 0 bridgehead atoms. The molecule has 3 unspecified atom stereocenters. The second-order valence-electron chi connectivity index (χ2n) is 4.26. The van der Waals surface area contributed by atoms with E-state index in [1.54, 1.807) is 14.0 Å². The van der Waals surface area contributed by atoms with E-state index in [9.17, 15) is 9.90 Å². The predicted octanol–water partition coefficient (Wildman–Crippen LogP) is 1.53. The lowest BCUT2D eigenvalue weighted by Gasteiger charge is -2.32. The molecule has 0 amide bonds. The monoisotopic (exact) mass is 200 g/mol. The van der Waals surface area contributed by atoms with Gasteiger partial charge in [-0.3, -0.25) is 0 Å². The zero-order valence-electron chi connectivity index (χ0n) is 9.03. The molecule has 0 aromatic rings. The molecule has 14 heavy (non-hydrogen) atoms. The lowest BCUT2D eigenvalue weighted by Crippen LogP contribution is -2.35. The van der Waals surface area contributed by atoms with Crippen molar-refractivity contribution in [2.75, 3.05) is 7.11 Å². The maximum Gasteiger partial charge on any atom is 0.129 e. The molecule has 0 aliphatic heterocycles. The van der Waals surface area contributed by atoms with Crippen LogP contribution in [0.1, 0.15) is 39.0 Å². The first kappa shape index (κ1) is 11.7. The van der Waals surface area contributed by atoms with E-state index in [1.165, 1.54) is 0 Å². The molecule has 0 saturated heterocycles. The normalized spacial score (nSPS) is 32.9. The van der Waals surface area contributed by atoms with Crippen molar-refractivity contribution < 1.29 is 14.6 Å². The van der Waals surface area contributed by atoms with E-state index in [0.29, 0.717) is 12.3 Å². The van der Waals surface area contributed by atoms with Gasteiger partial charge in [-0.15, -0.1) is 0 Å². The van der Waals surface area contributed by atoms with E-state index in [4.69, 9.17) is 4.74 Å². The minimum atomic E-state index is -0.312. The molecule has 1 saturated carbocycles. The molecule has 0 aromatic carbocycles. The summed E-state index contributed by atoms with van der Waals surface area (Å²) < 4.78 is 5.21. The molecule has 0 spiro atoms. The predicted molar refractivity (Wildman–Crippen MR) is 54.1 cm³/mol. The number of hydrogen-bond donors (Lipinski definition) is 1. The average Bonchev–Trinajstić information content (AvgIpc) is 2.16. The maximum atomic E-state index is 10.8. The van der Waals surface area contributed by atoms with Gasteiger partial charge in [0.2, 0.25) is 0 Å². The van der Waals surface area contributed by atoms with Gasteiger partial charge < -0.3 is 14.6 Å². The van der Waals surface area contributed by atoms with Gasteiger partial charge >= 0.3 is 0 Å². The molecule has 0 radical (unpaired) electrons. The third-order valence-electron chi connectivity index (χ3n) is 3.07. The van der Waals surface area contributed by atoms with Gasteiger partial charge in [-0.2, -0.15) is 0 Å². The van der Waals surface area contributed by atoms with Crippen LogP contribution in [0.3, 0.4) is 0 Å². The Balaban J connectivity index is 2.31. The summed E-state index contributed by atoms with van der Waals surface area (Å²) in [4.78, 5) is 10.8. The Morgan fingerprint density at radius 2 is 2.21 bits per heavy atom. The highest BCUT2D eigenvalue weighted by molar-refractivity contribution is 5.75. The van der Waals surface area contributed by atoms with Crippen LogP contribution in [0.15, 0.2) is 0 Å². The van der Waals surface area contributed by atoms with Crippen LogP contribution in [0, 0.1) is 5.92 Å². The minimum Gasteiger partial charge on any atom is -0.390 e. The Hall–Kier alpha value is -0.410. The summed E-state index contributed by atoms with van der Waals surface area (Å²) >= 11 is 0. The Kier molecular flexibility index (Phi) is 4.55.